The van der Waals surface area contributed by atoms with Gasteiger partial charge in [0.1, 0.15) is 5.82 Å². The summed E-state index contributed by atoms with van der Waals surface area (Å²) in [5.74, 6) is -1.34. The highest BCUT2D eigenvalue weighted by Gasteiger charge is 2.34. The third-order valence-electron chi connectivity index (χ3n) is 3.25. The van der Waals surface area contributed by atoms with Gasteiger partial charge in [0.05, 0.1) is 17.3 Å². The van der Waals surface area contributed by atoms with Gasteiger partial charge in [-0.2, -0.15) is 13.2 Å². The van der Waals surface area contributed by atoms with Crippen LogP contribution < -0.4 is 0 Å². The first kappa shape index (κ1) is 16.9. The van der Waals surface area contributed by atoms with Crippen LogP contribution in [0.2, 0.25) is 0 Å². The van der Waals surface area contributed by atoms with Crippen molar-refractivity contribution in [1.82, 2.24) is 0 Å². The summed E-state index contributed by atoms with van der Waals surface area (Å²) >= 11 is 0. The predicted molar refractivity (Wildman–Crippen MR) is 66.7 cm³/mol. The minimum Gasteiger partial charge on any atom is -0.388 e. The molecule has 0 amide bonds. The van der Waals surface area contributed by atoms with Crippen LogP contribution in [0.5, 0.6) is 0 Å². The zero-order valence-electron chi connectivity index (χ0n) is 11.6. The molecule has 1 atom stereocenters. The lowest BCUT2D eigenvalue weighted by molar-refractivity contribution is -0.140. The van der Waals surface area contributed by atoms with Gasteiger partial charge >= 0.3 is 6.18 Å². The zero-order valence-corrected chi connectivity index (χ0v) is 11.6. The predicted octanol–water partition coefficient (Wildman–Crippen LogP) is 4.08. The van der Waals surface area contributed by atoms with Gasteiger partial charge in [-0.3, -0.25) is 0 Å². The molecule has 2 nitrogen and oxygen atoms in total. The van der Waals surface area contributed by atoms with Gasteiger partial charge < -0.3 is 9.84 Å². The number of hydrogen-bond acceptors (Lipinski definition) is 2. The lowest BCUT2D eigenvalue weighted by Crippen LogP contribution is -2.23. The van der Waals surface area contributed by atoms with Crippen LogP contribution in [0.15, 0.2) is 18.2 Å². The first-order valence-corrected chi connectivity index (χ1v) is 6.17. The number of hydrogen-bond donors (Lipinski definition) is 1. The molecule has 0 spiro atoms. The average molecular weight is 294 g/mol. The second-order valence-electron chi connectivity index (χ2n) is 5.26. The van der Waals surface area contributed by atoms with Crippen molar-refractivity contribution in [3.63, 3.8) is 0 Å². The van der Waals surface area contributed by atoms with Crippen molar-refractivity contribution in [3.8, 4) is 0 Å². The molecule has 0 bridgehead atoms. The number of alkyl halides is 3. The molecule has 0 saturated carbocycles. The molecule has 1 unspecified atom stereocenters. The first-order valence-electron chi connectivity index (χ1n) is 6.17. The van der Waals surface area contributed by atoms with E-state index >= 15 is 0 Å². The number of aliphatic hydroxyl groups is 1. The Bertz CT molecular complexity index is 455. The summed E-state index contributed by atoms with van der Waals surface area (Å²) in [5, 5.41) is 9.92. The molecule has 0 aliphatic rings. The maximum Gasteiger partial charge on any atom is 0.419 e. The fraction of sp³-hybridized carbons (Fsp3) is 0.571. The maximum absolute atomic E-state index is 13.1. The second-order valence-corrected chi connectivity index (χ2v) is 5.26. The van der Waals surface area contributed by atoms with E-state index in [0.717, 1.165) is 12.1 Å². The fourth-order valence-corrected chi connectivity index (χ4v) is 1.72. The molecule has 20 heavy (non-hydrogen) atoms. The molecule has 1 aromatic carbocycles. The van der Waals surface area contributed by atoms with Gasteiger partial charge in [-0.05, 0) is 44.4 Å². The third-order valence-corrected chi connectivity index (χ3v) is 3.25. The Hall–Kier alpha value is -1.14. The molecule has 1 rings (SSSR count). The summed E-state index contributed by atoms with van der Waals surface area (Å²) in [6.07, 6.45) is -5.18. The Labute approximate surface area is 115 Å². The van der Waals surface area contributed by atoms with E-state index in [4.69, 9.17) is 4.74 Å². The van der Waals surface area contributed by atoms with Crippen LogP contribution in [0.25, 0.3) is 0 Å². The van der Waals surface area contributed by atoms with Crippen molar-refractivity contribution >= 4 is 0 Å². The Morgan fingerprint density at radius 1 is 1.25 bits per heavy atom. The van der Waals surface area contributed by atoms with Gasteiger partial charge in [0, 0.05) is 7.11 Å². The molecule has 114 valence electrons. The first-order chi connectivity index (χ1) is 9.07. The lowest BCUT2D eigenvalue weighted by Gasteiger charge is -2.24. The zero-order chi connectivity index (χ0) is 15.6. The summed E-state index contributed by atoms with van der Waals surface area (Å²) in [5.41, 5.74) is -1.79. The van der Waals surface area contributed by atoms with Crippen molar-refractivity contribution in [2.45, 2.75) is 44.6 Å². The van der Waals surface area contributed by atoms with Crippen LogP contribution >= 0.6 is 0 Å². The van der Waals surface area contributed by atoms with E-state index in [1.807, 2.05) is 13.8 Å². The van der Waals surface area contributed by atoms with Crippen molar-refractivity contribution < 1.29 is 27.4 Å². The van der Waals surface area contributed by atoms with Gasteiger partial charge in [0.15, 0.2) is 0 Å². The van der Waals surface area contributed by atoms with Gasteiger partial charge in [-0.15, -0.1) is 0 Å². The quantitative estimate of drug-likeness (QED) is 0.829. The van der Waals surface area contributed by atoms with E-state index in [0.29, 0.717) is 12.5 Å². The third kappa shape index (κ3) is 4.45. The van der Waals surface area contributed by atoms with Gasteiger partial charge in [0.25, 0.3) is 0 Å². The summed E-state index contributed by atoms with van der Waals surface area (Å²) in [6.45, 7) is 3.62. The molecular formula is C14H18F4O2. The molecule has 0 aromatic heterocycles. The van der Waals surface area contributed by atoms with Crippen LogP contribution in [0, 0.1) is 5.82 Å². The molecular weight excluding hydrogens is 276 g/mol. The monoisotopic (exact) mass is 294 g/mol. The van der Waals surface area contributed by atoms with Crippen LogP contribution in [-0.2, 0) is 10.9 Å². The minimum atomic E-state index is -4.77. The molecule has 0 heterocycles. The van der Waals surface area contributed by atoms with E-state index in [2.05, 4.69) is 0 Å². The highest BCUT2D eigenvalue weighted by molar-refractivity contribution is 5.28. The van der Waals surface area contributed by atoms with Gasteiger partial charge in [-0.25, -0.2) is 4.39 Å². The highest BCUT2D eigenvalue weighted by atomic mass is 19.4. The van der Waals surface area contributed by atoms with Crippen molar-refractivity contribution in [1.29, 1.82) is 0 Å². The molecule has 0 aliphatic carbocycles. The summed E-state index contributed by atoms with van der Waals surface area (Å²) in [4.78, 5) is 0. The number of ether oxygens (including phenoxy) is 1. The van der Waals surface area contributed by atoms with Crippen LogP contribution in [0.4, 0.5) is 17.6 Å². The number of halogens is 4. The van der Waals surface area contributed by atoms with Crippen LogP contribution in [0.3, 0.4) is 0 Å². The van der Waals surface area contributed by atoms with E-state index in [9.17, 15) is 22.7 Å². The topological polar surface area (TPSA) is 29.5 Å². The average Bonchev–Trinajstić information content (AvgIpc) is 2.35. The SMILES string of the molecule is COC(C)(C)CCC(O)c1ccc(F)c(C(F)(F)F)c1. The summed E-state index contributed by atoms with van der Waals surface area (Å²) < 4.78 is 56.0. The Balaban J connectivity index is 2.87. The summed E-state index contributed by atoms with van der Waals surface area (Å²) in [7, 11) is 1.52. The second kappa shape index (κ2) is 6.10. The largest absolute Gasteiger partial charge is 0.419 e. The van der Waals surface area contributed by atoms with Crippen LogP contribution in [0.1, 0.15) is 43.9 Å². The molecule has 0 saturated heterocycles. The van der Waals surface area contributed by atoms with E-state index in [1.165, 1.54) is 7.11 Å². The molecule has 1 aromatic rings. The summed E-state index contributed by atoms with van der Waals surface area (Å²) in [6, 6.07) is 2.54. The van der Waals surface area contributed by atoms with E-state index in [-0.39, 0.29) is 12.0 Å². The molecule has 1 N–H and O–H groups in total. The van der Waals surface area contributed by atoms with Crippen LogP contribution in [-0.4, -0.2) is 17.8 Å². The molecule has 6 heteroatoms. The normalized spacial score (nSPS) is 14.4. The smallest absolute Gasteiger partial charge is 0.388 e. The number of rotatable bonds is 5. The Morgan fingerprint density at radius 2 is 1.85 bits per heavy atom. The number of methoxy groups -OCH3 is 1. The van der Waals surface area contributed by atoms with Crippen molar-refractivity contribution in [2.75, 3.05) is 7.11 Å². The number of benzene rings is 1. The van der Waals surface area contributed by atoms with E-state index < -0.39 is 29.3 Å². The molecule has 0 radical (unpaired) electrons. The Kier molecular flexibility index (Phi) is 5.15. The standard InChI is InChI=1S/C14H18F4O2/c1-13(2,20-3)7-6-12(19)9-4-5-11(15)10(8-9)14(16,17)18/h4-5,8,12,19H,6-7H2,1-3H3. The van der Waals surface area contributed by atoms with Crippen molar-refractivity contribution in [2.24, 2.45) is 0 Å². The maximum atomic E-state index is 13.1. The van der Waals surface area contributed by atoms with E-state index in [1.54, 1.807) is 0 Å². The van der Waals surface area contributed by atoms with Crippen molar-refractivity contribution in [3.05, 3.63) is 35.1 Å². The molecule has 0 aliphatic heterocycles. The van der Waals surface area contributed by atoms with Gasteiger partial charge in [-0.1, -0.05) is 6.07 Å². The Morgan fingerprint density at radius 3 is 2.35 bits per heavy atom. The fourth-order valence-electron chi connectivity index (χ4n) is 1.72. The number of aliphatic hydroxyl groups excluding tert-OH is 1. The molecule has 0 fully saturated rings. The highest BCUT2D eigenvalue weighted by Crippen LogP contribution is 2.34. The minimum absolute atomic E-state index is 0.0469. The van der Waals surface area contributed by atoms with Gasteiger partial charge in [0.2, 0.25) is 0 Å². The lowest BCUT2D eigenvalue weighted by atomic mass is 9.95.